The summed E-state index contributed by atoms with van der Waals surface area (Å²) in [4.78, 5) is 16.4. The molecule has 1 aromatic rings. The zero-order valence-corrected chi connectivity index (χ0v) is 12.2. The molecule has 0 aliphatic rings. The van der Waals surface area contributed by atoms with Crippen molar-refractivity contribution in [2.45, 2.75) is 52.5 Å². The smallest absolute Gasteiger partial charge is 0.255 e. The van der Waals surface area contributed by atoms with Gasteiger partial charge in [-0.25, -0.2) is 4.98 Å². The zero-order chi connectivity index (χ0) is 14.1. The predicted octanol–water partition coefficient (Wildman–Crippen LogP) is 3.21. The quantitative estimate of drug-likeness (QED) is 0.708. The number of pyridine rings is 1. The van der Waals surface area contributed by atoms with Gasteiger partial charge in [0.15, 0.2) is 0 Å². The average molecular weight is 263 g/mol. The highest BCUT2D eigenvalue weighted by atomic mass is 16.1. The van der Waals surface area contributed by atoms with E-state index in [0.717, 1.165) is 19.4 Å². The number of carbonyl (C=O) groups is 1. The van der Waals surface area contributed by atoms with Crippen molar-refractivity contribution in [1.29, 1.82) is 0 Å². The number of amides is 1. The molecule has 0 spiro atoms. The Labute approximate surface area is 116 Å². The molecule has 0 bridgehead atoms. The molecule has 2 N–H and O–H groups in total. The van der Waals surface area contributed by atoms with E-state index in [0.29, 0.717) is 11.4 Å². The van der Waals surface area contributed by atoms with Gasteiger partial charge in [0.1, 0.15) is 5.82 Å². The minimum atomic E-state index is -0.0481. The molecule has 4 heteroatoms. The first-order valence-corrected chi connectivity index (χ1v) is 7.18. The molecule has 0 fully saturated rings. The van der Waals surface area contributed by atoms with Crippen molar-refractivity contribution in [3.8, 4) is 0 Å². The van der Waals surface area contributed by atoms with Gasteiger partial charge in [0.05, 0.1) is 5.56 Å². The number of nitrogens with zero attached hydrogens (tertiary/aromatic N) is 1. The van der Waals surface area contributed by atoms with Crippen LogP contribution in [0.2, 0.25) is 0 Å². The largest absolute Gasteiger partial charge is 0.370 e. The van der Waals surface area contributed by atoms with Crippen molar-refractivity contribution in [2.24, 2.45) is 0 Å². The van der Waals surface area contributed by atoms with Crippen LogP contribution in [-0.4, -0.2) is 23.5 Å². The highest BCUT2D eigenvalue weighted by Gasteiger charge is 2.13. The third-order valence-electron chi connectivity index (χ3n) is 3.01. The zero-order valence-electron chi connectivity index (χ0n) is 12.2. The third-order valence-corrected chi connectivity index (χ3v) is 3.01. The van der Waals surface area contributed by atoms with E-state index in [4.69, 9.17) is 0 Å². The lowest BCUT2D eigenvalue weighted by Gasteiger charge is -2.15. The average Bonchev–Trinajstić information content (AvgIpc) is 2.40. The van der Waals surface area contributed by atoms with Crippen molar-refractivity contribution in [1.82, 2.24) is 10.3 Å². The number of nitrogens with one attached hydrogen (secondary N) is 2. The SMILES string of the molecule is CCCCCC(C)NC(=O)c1cccnc1NCC. The van der Waals surface area contributed by atoms with Gasteiger partial charge < -0.3 is 10.6 Å². The van der Waals surface area contributed by atoms with Crippen LogP contribution in [0.4, 0.5) is 5.82 Å². The lowest BCUT2D eigenvalue weighted by molar-refractivity contribution is 0.0938. The second kappa shape index (κ2) is 8.51. The molecule has 0 radical (unpaired) electrons. The first-order chi connectivity index (χ1) is 9.19. The van der Waals surface area contributed by atoms with Gasteiger partial charge >= 0.3 is 0 Å². The van der Waals surface area contributed by atoms with Crippen molar-refractivity contribution < 1.29 is 4.79 Å². The Bertz CT molecular complexity index is 393. The lowest BCUT2D eigenvalue weighted by Crippen LogP contribution is -2.33. The third kappa shape index (κ3) is 5.28. The Kier molecular flexibility index (Phi) is 6.93. The van der Waals surface area contributed by atoms with Crippen molar-refractivity contribution in [2.75, 3.05) is 11.9 Å². The summed E-state index contributed by atoms with van der Waals surface area (Å²) in [6.07, 6.45) is 6.30. The molecule has 1 rings (SSSR count). The van der Waals surface area contributed by atoms with Crippen LogP contribution < -0.4 is 10.6 Å². The summed E-state index contributed by atoms with van der Waals surface area (Å²) in [5, 5.41) is 6.15. The molecule has 0 saturated carbocycles. The molecule has 1 heterocycles. The number of rotatable bonds is 8. The number of unbranched alkanes of at least 4 members (excludes halogenated alkanes) is 2. The van der Waals surface area contributed by atoms with Gasteiger partial charge in [-0.15, -0.1) is 0 Å². The molecule has 0 aliphatic heterocycles. The molecule has 1 atom stereocenters. The van der Waals surface area contributed by atoms with E-state index in [1.54, 1.807) is 18.3 Å². The fourth-order valence-corrected chi connectivity index (χ4v) is 1.97. The number of hydrogen-bond acceptors (Lipinski definition) is 3. The Hall–Kier alpha value is -1.58. The van der Waals surface area contributed by atoms with Crippen LogP contribution in [0.1, 0.15) is 56.8 Å². The minimum absolute atomic E-state index is 0.0481. The van der Waals surface area contributed by atoms with Gasteiger partial charge in [-0.05, 0) is 32.4 Å². The molecule has 1 amide bonds. The van der Waals surface area contributed by atoms with Crippen LogP contribution in [0.25, 0.3) is 0 Å². The van der Waals surface area contributed by atoms with E-state index >= 15 is 0 Å². The molecule has 106 valence electrons. The lowest BCUT2D eigenvalue weighted by atomic mass is 10.1. The standard InChI is InChI=1S/C15H25N3O/c1-4-6-7-9-12(3)18-15(19)13-10-8-11-17-14(13)16-5-2/h8,10-12H,4-7,9H2,1-3H3,(H,16,17)(H,18,19). The van der Waals surface area contributed by atoms with Crippen molar-refractivity contribution >= 4 is 11.7 Å². The molecule has 19 heavy (non-hydrogen) atoms. The fourth-order valence-electron chi connectivity index (χ4n) is 1.97. The van der Waals surface area contributed by atoms with E-state index in [1.807, 2.05) is 6.92 Å². The summed E-state index contributed by atoms with van der Waals surface area (Å²) >= 11 is 0. The van der Waals surface area contributed by atoms with Crippen LogP contribution in [-0.2, 0) is 0 Å². The monoisotopic (exact) mass is 263 g/mol. The van der Waals surface area contributed by atoms with Crippen LogP contribution in [0.5, 0.6) is 0 Å². The molecule has 1 unspecified atom stereocenters. The number of carbonyl (C=O) groups excluding carboxylic acids is 1. The number of aromatic nitrogens is 1. The van der Waals surface area contributed by atoms with Gasteiger partial charge in [-0.1, -0.05) is 26.2 Å². The summed E-state index contributed by atoms with van der Waals surface area (Å²) in [6.45, 7) is 6.98. The summed E-state index contributed by atoms with van der Waals surface area (Å²) < 4.78 is 0. The van der Waals surface area contributed by atoms with E-state index in [-0.39, 0.29) is 11.9 Å². The Morgan fingerprint density at radius 1 is 1.37 bits per heavy atom. The van der Waals surface area contributed by atoms with E-state index in [2.05, 4.69) is 29.5 Å². The highest BCUT2D eigenvalue weighted by molar-refractivity contribution is 5.98. The van der Waals surface area contributed by atoms with Gasteiger partial charge in [0, 0.05) is 18.8 Å². The van der Waals surface area contributed by atoms with Crippen LogP contribution in [0.15, 0.2) is 18.3 Å². The summed E-state index contributed by atoms with van der Waals surface area (Å²) in [5.41, 5.74) is 0.617. The van der Waals surface area contributed by atoms with Crippen molar-refractivity contribution in [3.63, 3.8) is 0 Å². The molecule has 0 saturated heterocycles. The van der Waals surface area contributed by atoms with E-state index in [9.17, 15) is 4.79 Å². The fraction of sp³-hybridized carbons (Fsp3) is 0.600. The highest BCUT2D eigenvalue weighted by Crippen LogP contribution is 2.12. The number of anilines is 1. The van der Waals surface area contributed by atoms with Crippen molar-refractivity contribution in [3.05, 3.63) is 23.9 Å². The summed E-state index contributed by atoms with van der Waals surface area (Å²) in [7, 11) is 0. The Morgan fingerprint density at radius 2 is 2.16 bits per heavy atom. The van der Waals surface area contributed by atoms with Crippen LogP contribution >= 0.6 is 0 Å². The summed E-state index contributed by atoms with van der Waals surface area (Å²) in [6, 6.07) is 3.80. The molecule has 4 nitrogen and oxygen atoms in total. The topological polar surface area (TPSA) is 54.0 Å². The van der Waals surface area contributed by atoms with Crippen LogP contribution in [0.3, 0.4) is 0 Å². The van der Waals surface area contributed by atoms with Crippen LogP contribution in [0, 0.1) is 0 Å². The van der Waals surface area contributed by atoms with Gasteiger partial charge in [0.25, 0.3) is 5.91 Å². The maximum atomic E-state index is 12.2. The molecule has 0 aliphatic carbocycles. The maximum Gasteiger partial charge on any atom is 0.255 e. The Morgan fingerprint density at radius 3 is 2.84 bits per heavy atom. The predicted molar refractivity (Wildman–Crippen MR) is 79.5 cm³/mol. The van der Waals surface area contributed by atoms with E-state index in [1.165, 1.54) is 12.8 Å². The molecule has 1 aromatic heterocycles. The van der Waals surface area contributed by atoms with Gasteiger partial charge in [0.2, 0.25) is 0 Å². The maximum absolute atomic E-state index is 12.2. The second-order valence-corrected chi connectivity index (χ2v) is 4.80. The molecular formula is C15H25N3O. The Balaban J connectivity index is 2.57. The normalized spacial score (nSPS) is 11.9. The summed E-state index contributed by atoms with van der Waals surface area (Å²) in [5.74, 6) is 0.608. The number of hydrogen-bond donors (Lipinski definition) is 2. The molecular weight excluding hydrogens is 238 g/mol. The van der Waals surface area contributed by atoms with Gasteiger partial charge in [-0.3, -0.25) is 4.79 Å². The minimum Gasteiger partial charge on any atom is -0.370 e. The second-order valence-electron chi connectivity index (χ2n) is 4.80. The first-order valence-electron chi connectivity index (χ1n) is 7.18. The molecule has 0 aromatic carbocycles. The first kappa shape index (κ1) is 15.5. The van der Waals surface area contributed by atoms with Gasteiger partial charge in [-0.2, -0.15) is 0 Å². The van der Waals surface area contributed by atoms with E-state index < -0.39 is 0 Å².